The van der Waals surface area contributed by atoms with E-state index in [-0.39, 0.29) is 0 Å². The number of hydrogen-bond acceptors (Lipinski definition) is 4. The molecule has 5 rings (SSSR count). The zero-order valence-electron chi connectivity index (χ0n) is 25.8. The van der Waals surface area contributed by atoms with Gasteiger partial charge in [-0.15, -0.1) is 0 Å². The van der Waals surface area contributed by atoms with Crippen LogP contribution in [0, 0.1) is 34.0 Å². The van der Waals surface area contributed by atoms with E-state index in [9.17, 15) is 15.8 Å². The Balaban J connectivity index is 1.67. The lowest BCUT2D eigenvalue weighted by atomic mass is 9.90. The molecule has 1 heterocycles. The maximum Gasteiger partial charge on any atom is 0.101 e. The van der Waals surface area contributed by atoms with Crippen LogP contribution in [0.3, 0.4) is 0 Å². The van der Waals surface area contributed by atoms with E-state index in [1.165, 1.54) is 0 Å². The first-order valence-electron chi connectivity index (χ1n) is 14.6. The lowest BCUT2D eigenvalue weighted by Crippen LogP contribution is -1.90. The molecule has 0 bridgehead atoms. The van der Waals surface area contributed by atoms with Gasteiger partial charge in [0.25, 0.3) is 0 Å². The number of benzene rings is 4. The zero-order chi connectivity index (χ0) is 32.6. The lowest BCUT2D eigenvalue weighted by Gasteiger charge is -2.14. The predicted molar refractivity (Wildman–Crippen MR) is 188 cm³/mol. The van der Waals surface area contributed by atoms with E-state index in [1.54, 1.807) is 38.4 Å². The lowest BCUT2D eigenvalue weighted by molar-refractivity contribution is 1.30. The molecule has 4 nitrogen and oxygen atoms in total. The summed E-state index contributed by atoms with van der Waals surface area (Å²) < 4.78 is 0. The van der Waals surface area contributed by atoms with Crippen molar-refractivity contribution in [3.05, 3.63) is 163 Å². The standard InChI is InChI=1S/C42H30N4/c1-28(23-43)14-30(3)33-8-5-10-35(17-33)39-20-40(36-11-6-9-34(18-36)31(4)15-29(2)24-44)22-41(21-39)37-12-7-13-38(19-37)42-16-32(25-45)26-46-27-42/h5-22,26-27H,3-4H2,1-2H3/b28-14+,29-15+. The first-order chi connectivity index (χ1) is 22.3. The Bertz CT molecular complexity index is 2090. The number of allylic oxidation sites excluding steroid dienone is 6. The van der Waals surface area contributed by atoms with Gasteiger partial charge in [0.15, 0.2) is 0 Å². The van der Waals surface area contributed by atoms with Gasteiger partial charge in [-0.3, -0.25) is 4.98 Å². The fourth-order valence-electron chi connectivity index (χ4n) is 5.22. The van der Waals surface area contributed by atoms with Crippen LogP contribution < -0.4 is 0 Å². The molecule has 0 aliphatic heterocycles. The Kier molecular flexibility index (Phi) is 9.29. The molecule has 0 fully saturated rings. The van der Waals surface area contributed by atoms with Gasteiger partial charge in [0.05, 0.1) is 17.7 Å². The minimum atomic E-state index is 0.509. The van der Waals surface area contributed by atoms with Gasteiger partial charge in [0.2, 0.25) is 0 Å². The number of rotatable bonds is 8. The highest BCUT2D eigenvalue weighted by molar-refractivity contribution is 5.86. The van der Waals surface area contributed by atoms with Crippen molar-refractivity contribution in [1.82, 2.24) is 4.98 Å². The van der Waals surface area contributed by atoms with E-state index in [1.807, 2.05) is 42.5 Å². The molecule has 1 aromatic heterocycles. The normalized spacial score (nSPS) is 11.2. The summed E-state index contributed by atoms with van der Waals surface area (Å²) in [5.41, 5.74) is 13.0. The number of pyridine rings is 1. The van der Waals surface area contributed by atoms with Gasteiger partial charge in [-0.05, 0) is 130 Å². The molecule has 0 saturated heterocycles. The van der Waals surface area contributed by atoms with E-state index in [2.05, 4.69) is 90.9 Å². The SMILES string of the molecule is C=C(/C=C(\C)C#N)c1cccc(-c2cc(-c3cccc(C(=C)/C=C(\C)C#N)c3)cc(-c3cccc(-c4cncc(C#N)c4)c3)c2)c1. The molecule has 4 heteroatoms. The van der Waals surface area contributed by atoms with Crippen molar-refractivity contribution in [2.24, 2.45) is 0 Å². The van der Waals surface area contributed by atoms with E-state index < -0.39 is 0 Å². The second-order valence-electron chi connectivity index (χ2n) is 11.0. The van der Waals surface area contributed by atoms with Gasteiger partial charge in [-0.1, -0.05) is 67.8 Å². The molecule has 0 unspecified atom stereocenters. The van der Waals surface area contributed by atoms with Gasteiger partial charge in [-0.25, -0.2) is 0 Å². The van der Waals surface area contributed by atoms with Crippen LogP contribution >= 0.6 is 0 Å². The van der Waals surface area contributed by atoms with Crippen LogP contribution in [0.25, 0.3) is 55.7 Å². The molecule has 218 valence electrons. The molecular weight excluding hydrogens is 560 g/mol. The molecule has 0 amide bonds. The molecule has 0 N–H and O–H groups in total. The number of aromatic nitrogens is 1. The van der Waals surface area contributed by atoms with Crippen LogP contribution in [-0.2, 0) is 0 Å². The monoisotopic (exact) mass is 590 g/mol. The summed E-state index contributed by atoms with van der Waals surface area (Å²) in [4.78, 5) is 4.25. The summed E-state index contributed by atoms with van der Waals surface area (Å²) in [5.74, 6) is 0. The molecule has 0 spiro atoms. The summed E-state index contributed by atoms with van der Waals surface area (Å²) in [6.45, 7) is 11.9. The van der Waals surface area contributed by atoms with Crippen LogP contribution in [0.1, 0.15) is 30.5 Å². The minimum absolute atomic E-state index is 0.509. The van der Waals surface area contributed by atoms with Crippen molar-refractivity contribution in [3.63, 3.8) is 0 Å². The van der Waals surface area contributed by atoms with Gasteiger partial charge in [0, 0.05) is 29.1 Å². The Labute approximate surface area is 270 Å². The van der Waals surface area contributed by atoms with Crippen LogP contribution in [0.5, 0.6) is 0 Å². The van der Waals surface area contributed by atoms with Crippen LogP contribution in [0.2, 0.25) is 0 Å². The average molecular weight is 591 g/mol. The summed E-state index contributed by atoms with van der Waals surface area (Å²) in [7, 11) is 0. The Morgan fingerprint density at radius 2 is 0.957 bits per heavy atom. The molecule has 46 heavy (non-hydrogen) atoms. The van der Waals surface area contributed by atoms with Gasteiger partial charge >= 0.3 is 0 Å². The van der Waals surface area contributed by atoms with E-state index in [0.717, 1.165) is 66.8 Å². The van der Waals surface area contributed by atoms with E-state index in [4.69, 9.17) is 0 Å². The minimum Gasteiger partial charge on any atom is -0.263 e. The van der Waals surface area contributed by atoms with E-state index >= 15 is 0 Å². The second-order valence-corrected chi connectivity index (χ2v) is 11.0. The van der Waals surface area contributed by atoms with Crippen molar-refractivity contribution in [1.29, 1.82) is 15.8 Å². The third-order valence-corrected chi connectivity index (χ3v) is 7.60. The number of hydrogen-bond donors (Lipinski definition) is 0. The highest BCUT2D eigenvalue weighted by Gasteiger charge is 2.11. The topological polar surface area (TPSA) is 84.3 Å². The maximum atomic E-state index is 9.40. The molecular formula is C42H30N4. The van der Waals surface area contributed by atoms with Crippen molar-refractivity contribution >= 4 is 11.1 Å². The highest BCUT2D eigenvalue weighted by atomic mass is 14.6. The van der Waals surface area contributed by atoms with E-state index in [0.29, 0.717) is 16.7 Å². The second kappa shape index (κ2) is 13.8. The third-order valence-electron chi connectivity index (χ3n) is 7.60. The van der Waals surface area contributed by atoms with Crippen molar-refractivity contribution < 1.29 is 0 Å². The molecule has 5 aromatic rings. The van der Waals surface area contributed by atoms with Crippen molar-refractivity contribution in [2.45, 2.75) is 13.8 Å². The Hall–Kier alpha value is -6.54. The first kappa shape index (κ1) is 30.9. The van der Waals surface area contributed by atoms with Crippen LogP contribution in [0.4, 0.5) is 0 Å². The molecule has 0 atom stereocenters. The van der Waals surface area contributed by atoms with Gasteiger partial charge < -0.3 is 0 Å². The van der Waals surface area contributed by atoms with Crippen LogP contribution in [0.15, 0.2) is 146 Å². The number of nitrogens with zero attached hydrogens (tertiary/aromatic N) is 4. The summed E-state index contributed by atoms with van der Waals surface area (Å²) in [6, 6.07) is 39.4. The smallest absolute Gasteiger partial charge is 0.101 e. The molecule has 0 aliphatic carbocycles. The summed E-state index contributed by atoms with van der Waals surface area (Å²) in [6.07, 6.45) is 6.92. The molecule has 4 aromatic carbocycles. The van der Waals surface area contributed by atoms with Gasteiger partial charge in [0.1, 0.15) is 6.07 Å². The summed E-state index contributed by atoms with van der Waals surface area (Å²) in [5, 5.41) is 27.9. The molecule has 0 saturated carbocycles. The fourth-order valence-corrected chi connectivity index (χ4v) is 5.22. The fraction of sp³-hybridized carbons (Fsp3) is 0.0476. The van der Waals surface area contributed by atoms with Crippen LogP contribution in [-0.4, -0.2) is 4.98 Å². The Morgan fingerprint density at radius 1 is 0.543 bits per heavy atom. The maximum absolute atomic E-state index is 9.40. The summed E-state index contributed by atoms with van der Waals surface area (Å²) >= 11 is 0. The first-order valence-corrected chi connectivity index (χ1v) is 14.6. The van der Waals surface area contributed by atoms with Gasteiger partial charge in [-0.2, -0.15) is 15.8 Å². The molecule has 0 radical (unpaired) electrons. The van der Waals surface area contributed by atoms with Crippen molar-refractivity contribution in [3.8, 4) is 62.7 Å². The molecule has 0 aliphatic rings. The predicted octanol–water partition coefficient (Wildman–Crippen LogP) is 10.6. The zero-order valence-corrected chi connectivity index (χ0v) is 25.8. The quantitative estimate of drug-likeness (QED) is 0.133. The Morgan fingerprint density at radius 3 is 1.41 bits per heavy atom. The van der Waals surface area contributed by atoms with Crippen molar-refractivity contribution in [2.75, 3.05) is 0 Å². The highest BCUT2D eigenvalue weighted by Crippen LogP contribution is 2.36. The number of nitriles is 3. The average Bonchev–Trinajstić information content (AvgIpc) is 3.11. The largest absolute Gasteiger partial charge is 0.263 e. The third kappa shape index (κ3) is 7.15.